The Balaban J connectivity index is 1.38. The number of alkyl halides is 3. The van der Waals surface area contributed by atoms with Crippen LogP contribution in [-0.4, -0.2) is 37.0 Å². The van der Waals surface area contributed by atoms with Gasteiger partial charge in [0.2, 0.25) is 0 Å². The summed E-state index contributed by atoms with van der Waals surface area (Å²) in [6.07, 6.45) is -0.359. The molecule has 41 heavy (non-hydrogen) atoms. The maximum Gasteiger partial charge on any atom is 0.416 e. The number of benzene rings is 1. The fourth-order valence-electron chi connectivity index (χ4n) is 4.59. The molecule has 2 aromatic heterocycles. The van der Waals surface area contributed by atoms with Gasteiger partial charge in [-0.3, -0.25) is 9.78 Å². The number of fused-ring (bicyclic) bond motifs is 3. The molecule has 3 aromatic rings. The number of hydrogen-bond acceptors (Lipinski definition) is 7. The van der Waals surface area contributed by atoms with Crippen LogP contribution in [0, 0.1) is 6.92 Å². The molecule has 13 heteroatoms. The molecule has 6 rings (SSSR count). The number of halogens is 4. The summed E-state index contributed by atoms with van der Waals surface area (Å²) >= 11 is 6.19. The molecule has 0 bridgehead atoms. The Kier molecular flexibility index (Phi) is 6.62. The van der Waals surface area contributed by atoms with Gasteiger partial charge in [-0.25, -0.2) is 9.97 Å². The van der Waals surface area contributed by atoms with E-state index in [1.807, 2.05) is 23.6 Å². The number of hydrogen-bond donors (Lipinski definition) is 2. The second kappa shape index (κ2) is 10.3. The summed E-state index contributed by atoms with van der Waals surface area (Å²) in [5.74, 6) is 1.07. The molecule has 0 aliphatic carbocycles. The minimum absolute atomic E-state index is 0.219. The molecule has 2 N–H and O–H groups in total. The second-order valence-corrected chi connectivity index (χ2v) is 9.67. The van der Waals surface area contributed by atoms with Gasteiger partial charge in [-0.2, -0.15) is 23.1 Å². The first kappa shape index (κ1) is 26.4. The average Bonchev–Trinajstić information content (AvgIpc) is 3.45. The predicted octanol–water partition coefficient (Wildman–Crippen LogP) is 5.73. The van der Waals surface area contributed by atoms with Crippen molar-refractivity contribution in [3.05, 3.63) is 94.6 Å². The first-order valence-electron chi connectivity index (χ1n) is 12.4. The number of anilines is 2. The molecule has 1 aromatic carbocycles. The zero-order valence-corrected chi connectivity index (χ0v) is 22.1. The molecular weight excluding hydrogens is 557 g/mol. The van der Waals surface area contributed by atoms with Crippen LogP contribution in [0.1, 0.15) is 21.6 Å². The molecule has 0 saturated heterocycles. The van der Waals surface area contributed by atoms with E-state index in [1.54, 1.807) is 36.7 Å². The lowest BCUT2D eigenvalue weighted by Crippen LogP contribution is -2.17. The van der Waals surface area contributed by atoms with Crippen molar-refractivity contribution < 1.29 is 18.0 Å². The number of rotatable bonds is 4. The van der Waals surface area contributed by atoms with Gasteiger partial charge >= 0.3 is 6.18 Å². The highest BCUT2D eigenvalue weighted by Crippen LogP contribution is 2.39. The zero-order valence-electron chi connectivity index (χ0n) is 21.4. The molecule has 0 spiro atoms. The summed E-state index contributed by atoms with van der Waals surface area (Å²) in [6.45, 7) is 3.25. The maximum absolute atomic E-state index is 13.1. The van der Waals surface area contributed by atoms with Crippen molar-refractivity contribution in [1.82, 2.24) is 24.5 Å². The smallest absolute Gasteiger partial charge is 0.369 e. The number of pyridine rings is 3. The van der Waals surface area contributed by atoms with E-state index in [-0.39, 0.29) is 11.3 Å². The van der Waals surface area contributed by atoms with E-state index in [1.165, 1.54) is 0 Å². The Bertz CT molecular complexity index is 1850. The average molecular weight is 577 g/mol. The SMILES string of the molecule is Cc1ccc(NC(=O)c2cc(C(F)(F)F)ccn2)cc1-c1cc2cn/c(=N/c3ncccc3Cl)nc-2n2c1NCC2. The normalized spacial score (nSPS) is 13.2. The van der Waals surface area contributed by atoms with Crippen molar-refractivity contribution >= 4 is 34.8 Å². The number of amides is 1. The summed E-state index contributed by atoms with van der Waals surface area (Å²) in [5.41, 5.74) is 2.69. The summed E-state index contributed by atoms with van der Waals surface area (Å²) in [6, 6.07) is 12.2. The highest BCUT2D eigenvalue weighted by molar-refractivity contribution is 6.32. The van der Waals surface area contributed by atoms with Crippen LogP contribution in [0.25, 0.3) is 22.5 Å². The Hall–Kier alpha value is -4.84. The standard InChI is InChI=1S/C28H20ClF3N8O/c1-15-4-5-18(37-26(41)22-12-17(6-8-33-22)28(30,31)32)13-19(15)20-11-16-14-36-27(38-23-21(29)3-2-7-34-23)39-24(16)40-10-9-35-25(20)40/h2-8,11-14,35H,9-10H2,1H3,(H,37,41)/b38-27-. The van der Waals surface area contributed by atoms with Crippen LogP contribution in [0.15, 0.2) is 72.1 Å². The molecule has 3 aliphatic rings. The number of carbonyl (C=O) groups is 1. The molecule has 206 valence electrons. The van der Waals surface area contributed by atoms with Crippen LogP contribution in [0.2, 0.25) is 5.02 Å². The molecule has 1 amide bonds. The van der Waals surface area contributed by atoms with E-state index in [9.17, 15) is 18.0 Å². The van der Waals surface area contributed by atoms with Crippen LogP contribution in [0.5, 0.6) is 0 Å². The van der Waals surface area contributed by atoms with Crippen LogP contribution in [-0.2, 0) is 12.7 Å². The van der Waals surface area contributed by atoms with E-state index < -0.39 is 17.6 Å². The van der Waals surface area contributed by atoms with Gasteiger partial charge in [-0.1, -0.05) is 17.7 Å². The first-order chi connectivity index (χ1) is 19.7. The summed E-state index contributed by atoms with van der Waals surface area (Å²) in [4.78, 5) is 34.2. The van der Waals surface area contributed by atoms with Gasteiger partial charge < -0.3 is 15.2 Å². The first-order valence-corrected chi connectivity index (χ1v) is 12.8. The third-order valence-corrected chi connectivity index (χ3v) is 6.84. The van der Waals surface area contributed by atoms with E-state index in [2.05, 4.69) is 35.6 Å². The Morgan fingerprint density at radius 3 is 2.73 bits per heavy atom. The fourth-order valence-corrected chi connectivity index (χ4v) is 4.75. The number of carbonyl (C=O) groups excluding carboxylic acids is 1. The largest absolute Gasteiger partial charge is 0.416 e. The highest BCUT2D eigenvalue weighted by atomic mass is 35.5. The van der Waals surface area contributed by atoms with Crippen molar-refractivity contribution in [3.8, 4) is 22.5 Å². The van der Waals surface area contributed by atoms with E-state index in [4.69, 9.17) is 11.6 Å². The zero-order chi connectivity index (χ0) is 28.7. The second-order valence-electron chi connectivity index (χ2n) is 9.27. The fraction of sp³-hybridized carbons (Fsp3) is 0.143. The van der Waals surface area contributed by atoms with Crippen LogP contribution < -0.4 is 16.3 Å². The lowest BCUT2D eigenvalue weighted by Gasteiger charge is -2.19. The van der Waals surface area contributed by atoms with Gasteiger partial charge in [0, 0.05) is 48.5 Å². The molecule has 0 atom stereocenters. The van der Waals surface area contributed by atoms with E-state index >= 15 is 0 Å². The minimum Gasteiger partial charge on any atom is -0.369 e. The summed E-state index contributed by atoms with van der Waals surface area (Å²) < 4.78 is 41.4. The topological polar surface area (TPSA) is 110 Å². The number of aromatic nitrogens is 5. The lowest BCUT2D eigenvalue weighted by atomic mass is 9.98. The van der Waals surface area contributed by atoms with Gasteiger partial charge in [0.05, 0.1) is 10.6 Å². The molecule has 0 unspecified atom stereocenters. The maximum atomic E-state index is 13.1. The Morgan fingerprint density at radius 2 is 1.93 bits per heavy atom. The van der Waals surface area contributed by atoms with Crippen molar-refractivity contribution in [2.24, 2.45) is 4.99 Å². The van der Waals surface area contributed by atoms with Crippen molar-refractivity contribution in [2.75, 3.05) is 17.2 Å². The van der Waals surface area contributed by atoms with Gasteiger partial charge in [0.25, 0.3) is 11.5 Å². The van der Waals surface area contributed by atoms with Gasteiger partial charge in [0.1, 0.15) is 17.3 Å². The monoisotopic (exact) mass is 576 g/mol. The highest BCUT2D eigenvalue weighted by Gasteiger charge is 2.31. The molecule has 0 fully saturated rings. The van der Waals surface area contributed by atoms with Crippen LogP contribution in [0.3, 0.4) is 0 Å². The Labute approximate surface area is 236 Å². The molecule has 0 saturated carbocycles. The van der Waals surface area contributed by atoms with Crippen molar-refractivity contribution in [1.29, 1.82) is 0 Å². The summed E-state index contributed by atoms with van der Waals surface area (Å²) in [7, 11) is 0. The van der Waals surface area contributed by atoms with Gasteiger partial charge in [-0.15, -0.1) is 0 Å². The third-order valence-electron chi connectivity index (χ3n) is 6.54. The molecule has 3 aliphatic heterocycles. The quantitative estimate of drug-likeness (QED) is 0.283. The molecule has 0 radical (unpaired) electrons. The van der Waals surface area contributed by atoms with Gasteiger partial charge in [-0.05, 0) is 60.5 Å². The third kappa shape index (κ3) is 5.21. The van der Waals surface area contributed by atoms with Gasteiger partial charge in [0.15, 0.2) is 5.82 Å². The lowest BCUT2D eigenvalue weighted by molar-refractivity contribution is -0.137. The van der Waals surface area contributed by atoms with Crippen LogP contribution >= 0.6 is 11.6 Å². The van der Waals surface area contributed by atoms with Crippen LogP contribution in [0.4, 0.5) is 30.5 Å². The van der Waals surface area contributed by atoms with Crippen molar-refractivity contribution in [2.45, 2.75) is 19.6 Å². The number of nitrogens with zero attached hydrogens (tertiary/aromatic N) is 6. The number of aryl methyl sites for hydroxylation is 1. The molecule has 9 nitrogen and oxygen atoms in total. The number of nitrogens with one attached hydrogen (secondary N) is 2. The van der Waals surface area contributed by atoms with Crippen molar-refractivity contribution in [3.63, 3.8) is 0 Å². The van der Waals surface area contributed by atoms with E-state index in [0.717, 1.165) is 46.4 Å². The summed E-state index contributed by atoms with van der Waals surface area (Å²) in [5, 5.41) is 6.46. The molecule has 5 heterocycles. The Morgan fingerprint density at radius 1 is 1.07 bits per heavy atom. The molecular formula is C28H20ClF3N8O. The predicted molar refractivity (Wildman–Crippen MR) is 147 cm³/mol. The minimum atomic E-state index is -4.58. The van der Waals surface area contributed by atoms with E-state index in [0.29, 0.717) is 35.4 Å².